The number of nitrogens with one attached hydrogen (secondary N) is 1. The summed E-state index contributed by atoms with van der Waals surface area (Å²) >= 11 is 0. The molecule has 150 valence electrons. The van der Waals surface area contributed by atoms with Crippen LogP contribution in [0.4, 0.5) is 10.6 Å². The average molecular weight is 395 g/mol. The Morgan fingerprint density at radius 2 is 2.21 bits per heavy atom. The molecule has 0 radical (unpaired) electrons. The Hall–Kier alpha value is -3.01. The van der Waals surface area contributed by atoms with Crippen molar-refractivity contribution in [2.75, 3.05) is 31.7 Å². The van der Waals surface area contributed by atoms with Crippen LogP contribution >= 0.6 is 0 Å². The Bertz CT molecular complexity index is 1090. The second-order valence-corrected chi connectivity index (χ2v) is 7.48. The number of aliphatic hydroxyl groups is 1. The molecule has 2 aliphatic heterocycles. The topological polar surface area (TPSA) is 125 Å². The van der Waals surface area contributed by atoms with E-state index in [0.717, 1.165) is 35.2 Å². The van der Waals surface area contributed by atoms with Crippen LogP contribution in [0, 0.1) is 0 Å². The molecule has 29 heavy (non-hydrogen) atoms. The number of rotatable bonds is 4. The van der Waals surface area contributed by atoms with E-state index in [-0.39, 0.29) is 19.3 Å². The average Bonchev–Trinajstić information content (AvgIpc) is 3.33. The minimum Gasteiger partial charge on any atom is -0.379 e. The minimum absolute atomic E-state index is 0.204. The Morgan fingerprint density at radius 3 is 2.90 bits per heavy atom. The largest absolute Gasteiger partial charge is 0.379 e. The number of urea groups is 1. The van der Waals surface area contributed by atoms with Gasteiger partial charge in [-0.2, -0.15) is 0 Å². The molecule has 2 saturated heterocycles. The van der Waals surface area contributed by atoms with Crippen molar-refractivity contribution in [3.05, 3.63) is 42.4 Å². The Morgan fingerprint density at radius 1 is 1.34 bits per heavy atom. The Labute approximate surface area is 166 Å². The molecular formula is C20H21N5O4. The zero-order chi connectivity index (χ0) is 20.0. The van der Waals surface area contributed by atoms with Crippen LogP contribution in [-0.4, -0.2) is 52.1 Å². The van der Waals surface area contributed by atoms with E-state index < -0.39 is 11.6 Å². The fraction of sp³-hybridized carbons (Fsp3) is 0.350. The van der Waals surface area contributed by atoms with Gasteiger partial charge in [0, 0.05) is 23.8 Å². The van der Waals surface area contributed by atoms with Crippen LogP contribution < -0.4 is 11.1 Å². The molecule has 0 bridgehead atoms. The molecule has 5 rings (SSSR count). The quantitative estimate of drug-likeness (QED) is 0.618. The maximum absolute atomic E-state index is 11.3. The van der Waals surface area contributed by atoms with Gasteiger partial charge in [-0.15, -0.1) is 0 Å². The third kappa shape index (κ3) is 3.13. The molecule has 2 aliphatic rings. The summed E-state index contributed by atoms with van der Waals surface area (Å²) in [5.74, 6) is 0.369. The third-order valence-electron chi connectivity index (χ3n) is 5.45. The minimum atomic E-state index is -1.05. The molecule has 2 fully saturated rings. The summed E-state index contributed by atoms with van der Waals surface area (Å²) in [7, 11) is 0. The van der Waals surface area contributed by atoms with Crippen molar-refractivity contribution in [2.45, 2.75) is 18.1 Å². The highest BCUT2D eigenvalue weighted by molar-refractivity contribution is 5.98. The number of carbonyl (C=O) groups excluding carboxylic acids is 1. The van der Waals surface area contributed by atoms with Gasteiger partial charge in [0.05, 0.1) is 49.0 Å². The zero-order valence-corrected chi connectivity index (χ0v) is 15.7. The smallest absolute Gasteiger partial charge is 0.317 e. The lowest BCUT2D eigenvalue weighted by molar-refractivity contribution is -0.186. The molecular weight excluding hydrogens is 374 g/mol. The van der Waals surface area contributed by atoms with Crippen LogP contribution in [0.5, 0.6) is 0 Å². The van der Waals surface area contributed by atoms with Gasteiger partial charge < -0.3 is 24.9 Å². The normalized spacial score (nSPS) is 20.5. The molecule has 0 aliphatic carbocycles. The predicted molar refractivity (Wildman–Crippen MR) is 105 cm³/mol. The van der Waals surface area contributed by atoms with E-state index in [4.69, 9.17) is 20.2 Å². The van der Waals surface area contributed by atoms with Crippen LogP contribution in [0.3, 0.4) is 0 Å². The Kier molecular flexibility index (Phi) is 4.23. The van der Waals surface area contributed by atoms with Gasteiger partial charge in [-0.1, -0.05) is 6.07 Å². The molecule has 9 heteroatoms. The van der Waals surface area contributed by atoms with E-state index in [1.807, 2.05) is 18.3 Å². The van der Waals surface area contributed by atoms with Crippen LogP contribution in [0.1, 0.15) is 18.2 Å². The highest BCUT2D eigenvalue weighted by Gasteiger charge is 2.39. The van der Waals surface area contributed by atoms with Crippen molar-refractivity contribution in [2.24, 2.45) is 5.73 Å². The summed E-state index contributed by atoms with van der Waals surface area (Å²) in [6.45, 7) is 1.83. The molecule has 3 aromatic heterocycles. The molecule has 2 amide bonds. The summed E-state index contributed by atoms with van der Waals surface area (Å²) in [6, 6.07) is 6.90. The molecule has 0 saturated carbocycles. The standard InChI is InChI=1S/C20H21N5O4/c21-19(26)24-18-6-13-14(8-25(16(13)7-22-18)12-4-5-28-9-12)15-2-1-3-17(23-15)20(27)10-29-11-20/h1-3,6-8,12,27H,4-5,9-11H2,(H3,21,22,24,26)/t12-/m0/s1. The van der Waals surface area contributed by atoms with E-state index in [0.29, 0.717) is 18.1 Å². The number of aromatic nitrogens is 3. The van der Waals surface area contributed by atoms with Gasteiger partial charge in [0.15, 0.2) is 5.60 Å². The number of fused-ring (bicyclic) bond motifs is 1. The number of anilines is 1. The fourth-order valence-corrected chi connectivity index (χ4v) is 3.88. The molecule has 0 unspecified atom stereocenters. The second kappa shape index (κ2) is 6.80. The third-order valence-corrected chi connectivity index (χ3v) is 5.45. The van der Waals surface area contributed by atoms with E-state index >= 15 is 0 Å². The first-order valence-electron chi connectivity index (χ1n) is 9.46. The predicted octanol–water partition coefficient (Wildman–Crippen LogP) is 1.77. The number of amides is 2. The highest BCUT2D eigenvalue weighted by Crippen LogP contribution is 2.36. The van der Waals surface area contributed by atoms with Gasteiger partial charge in [-0.05, 0) is 24.6 Å². The number of pyridine rings is 2. The number of ether oxygens (including phenoxy) is 2. The van der Waals surface area contributed by atoms with E-state index in [1.165, 1.54) is 0 Å². The number of carbonyl (C=O) groups is 1. The zero-order valence-electron chi connectivity index (χ0n) is 15.7. The summed E-state index contributed by atoms with van der Waals surface area (Å²) in [6.07, 6.45) is 4.67. The van der Waals surface area contributed by atoms with Crippen LogP contribution in [0.15, 0.2) is 36.7 Å². The molecule has 3 aromatic rings. The van der Waals surface area contributed by atoms with Crippen LogP contribution in [-0.2, 0) is 15.1 Å². The lowest BCUT2D eigenvalue weighted by Crippen LogP contribution is -2.47. The first-order chi connectivity index (χ1) is 14.0. The lowest BCUT2D eigenvalue weighted by atomic mass is 9.96. The number of primary amides is 1. The molecule has 0 spiro atoms. The number of nitrogens with zero attached hydrogens (tertiary/aromatic N) is 3. The molecule has 4 N–H and O–H groups in total. The van der Waals surface area contributed by atoms with Gasteiger partial charge in [0.1, 0.15) is 5.82 Å². The van der Waals surface area contributed by atoms with Gasteiger partial charge in [0.25, 0.3) is 0 Å². The van der Waals surface area contributed by atoms with Gasteiger partial charge in [-0.3, -0.25) is 5.32 Å². The molecule has 1 atom stereocenters. The first-order valence-corrected chi connectivity index (χ1v) is 9.46. The number of nitrogens with two attached hydrogens (primary N) is 1. The van der Waals surface area contributed by atoms with Gasteiger partial charge in [-0.25, -0.2) is 14.8 Å². The van der Waals surface area contributed by atoms with Crippen molar-refractivity contribution < 1.29 is 19.4 Å². The monoisotopic (exact) mass is 395 g/mol. The van der Waals surface area contributed by atoms with Crippen molar-refractivity contribution in [1.29, 1.82) is 0 Å². The molecule has 0 aromatic carbocycles. The Balaban J connectivity index is 1.65. The van der Waals surface area contributed by atoms with Gasteiger partial charge >= 0.3 is 6.03 Å². The lowest BCUT2D eigenvalue weighted by Gasteiger charge is -2.35. The van der Waals surface area contributed by atoms with E-state index in [9.17, 15) is 9.90 Å². The summed E-state index contributed by atoms with van der Waals surface area (Å²) < 4.78 is 12.9. The van der Waals surface area contributed by atoms with Crippen molar-refractivity contribution in [3.63, 3.8) is 0 Å². The number of hydrogen-bond acceptors (Lipinski definition) is 6. The van der Waals surface area contributed by atoms with Gasteiger partial charge in [0.2, 0.25) is 0 Å². The molecule has 5 heterocycles. The number of hydrogen-bond donors (Lipinski definition) is 3. The summed E-state index contributed by atoms with van der Waals surface area (Å²) in [4.78, 5) is 20.3. The fourth-order valence-electron chi connectivity index (χ4n) is 3.88. The summed E-state index contributed by atoms with van der Waals surface area (Å²) in [5.41, 5.74) is 7.31. The van der Waals surface area contributed by atoms with E-state index in [2.05, 4.69) is 14.9 Å². The van der Waals surface area contributed by atoms with Crippen molar-refractivity contribution >= 4 is 22.8 Å². The second-order valence-electron chi connectivity index (χ2n) is 7.48. The summed E-state index contributed by atoms with van der Waals surface area (Å²) in [5, 5.41) is 14.0. The van der Waals surface area contributed by atoms with Crippen LogP contribution in [0.2, 0.25) is 0 Å². The maximum atomic E-state index is 11.3. The van der Waals surface area contributed by atoms with E-state index in [1.54, 1.807) is 18.3 Å². The maximum Gasteiger partial charge on any atom is 0.317 e. The molecule has 9 nitrogen and oxygen atoms in total. The highest BCUT2D eigenvalue weighted by atomic mass is 16.5. The first kappa shape index (κ1) is 18.0. The van der Waals surface area contributed by atoms with Crippen molar-refractivity contribution in [1.82, 2.24) is 14.5 Å². The van der Waals surface area contributed by atoms with Crippen LogP contribution in [0.25, 0.3) is 22.2 Å². The van der Waals surface area contributed by atoms with Crippen molar-refractivity contribution in [3.8, 4) is 11.3 Å². The SMILES string of the molecule is NC(=O)Nc1cc2c(-c3cccc(C4(O)COC4)n3)cn([C@H]3CCOC3)c2cn1.